The third kappa shape index (κ3) is 1.97. The van der Waals surface area contributed by atoms with Crippen LogP contribution in [-0.4, -0.2) is 37.0 Å². The predicted octanol–water partition coefficient (Wildman–Crippen LogP) is 0.463. The zero-order valence-corrected chi connectivity index (χ0v) is 8.13. The summed E-state index contributed by atoms with van der Waals surface area (Å²) in [6, 6.07) is 0.507. The maximum Gasteiger partial charge on any atom is 0.225 e. The largest absolute Gasteiger partial charge is 0.341 e. The van der Waals surface area contributed by atoms with Gasteiger partial charge in [0.1, 0.15) is 0 Å². The number of hydrogen-bond acceptors (Lipinski definition) is 2. The Kier molecular flexibility index (Phi) is 3.09. The topological polar surface area (TPSA) is 32.3 Å². The van der Waals surface area contributed by atoms with Crippen molar-refractivity contribution >= 4 is 5.91 Å². The average molecular weight is 170 g/mol. The molecule has 0 aromatic heterocycles. The van der Waals surface area contributed by atoms with Crippen molar-refractivity contribution in [3.05, 3.63) is 0 Å². The van der Waals surface area contributed by atoms with E-state index in [-0.39, 0.29) is 11.8 Å². The van der Waals surface area contributed by atoms with Crippen molar-refractivity contribution in [1.82, 2.24) is 10.2 Å². The summed E-state index contributed by atoms with van der Waals surface area (Å²) in [6.07, 6.45) is 1.09. The van der Waals surface area contributed by atoms with Crippen LogP contribution < -0.4 is 5.32 Å². The van der Waals surface area contributed by atoms with E-state index >= 15 is 0 Å². The van der Waals surface area contributed by atoms with Gasteiger partial charge in [0.2, 0.25) is 5.91 Å². The molecule has 3 nitrogen and oxygen atoms in total. The van der Waals surface area contributed by atoms with Gasteiger partial charge in [-0.25, -0.2) is 0 Å². The van der Waals surface area contributed by atoms with Crippen LogP contribution in [0.1, 0.15) is 20.3 Å². The Balaban J connectivity index is 2.41. The minimum atomic E-state index is 0.139. The summed E-state index contributed by atoms with van der Waals surface area (Å²) < 4.78 is 0. The molecule has 1 fully saturated rings. The van der Waals surface area contributed by atoms with Crippen LogP contribution in [0, 0.1) is 5.92 Å². The molecule has 1 amide bonds. The van der Waals surface area contributed by atoms with Crippen molar-refractivity contribution < 1.29 is 4.79 Å². The van der Waals surface area contributed by atoms with Gasteiger partial charge in [0.05, 0.1) is 0 Å². The van der Waals surface area contributed by atoms with E-state index in [2.05, 4.69) is 5.32 Å². The fourth-order valence-corrected chi connectivity index (χ4v) is 1.56. The molecule has 0 spiro atoms. The standard InChI is InChI=1S/C9H18N2O/c1-7(2)9(12)11-5-4-8(6-11)10-3/h7-8,10H,4-6H2,1-3H3/t8-/m0/s1. The van der Waals surface area contributed by atoms with Crippen LogP contribution in [0.5, 0.6) is 0 Å². The SMILES string of the molecule is CN[C@H]1CCN(C(=O)C(C)C)C1. The summed E-state index contributed by atoms with van der Waals surface area (Å²) in [5.41, 5.74) is 0. The van der Waals surface area contributed by atoms with Crippen molar-refractivity contribution in [3.8, 4) is 0 Å². The maximum absolute atomic E-state index is 11.5. The summed E-state index contributed by atoms with van der Waals surface area (Å²) >= 11 is 0. The third-order valence-corrected chi connectivity index (χ3v) is 2.40. The van der Waals surface area contributed by atoms with Crippen molar-refractivity contribution in [2.75, 3.05) is 20.1 Å². The summed E-state index contributed by atoms with van der Waals surface area (Å²) in [5, 5.41) is 3.19. The number of rotatable bonds is 2. The van der Waals surface area contributed by atoms with Crippen LogP contribution in [0.15, 0.2) is 0 Å². The Morgan fingerprint density at radius 3 is 2.67 bits per heavy atom. The Labute approximate surface area is 74.1 Å². The lowest BCUT2D eigenvalue weighted by Gasteiger charge is -2.18. The second kappa shape index (κ2) is 3.90. The molecule has 1 saturated heterocycles. The highest BCUT2D eigenvalue weighted by Gasteiger charge is 2.25. The van der Waals surface area contributed by atoms with Crippen LogP contribution in [0.3, 0.4) is 0 Å². The molecule has 1 rings (SSSR count). The number of nitrogens with zero attached hydrogens (tertiary/aromatic N) is 1. The Hall–Kier alpha value is -0.570. The number of likely N-dealkylation sites (tertiary alicyclic amines) is 1. The van der Waals surface area contributed by atoms with Crippen molar-refractivity contribution in [1.29, 1.82) is 0 Å². The van der Waals surface area contributed by atoms with Gasteiger partial charge < -0.3 is 10.2 Å². The van der Waals surface area contributed by atoms with Crippen molar-refractivity contribution in [2.45, 2.75) is 26.3 Å². The molecule has 1 heterocycles. The van der Waals surface area contributed by atoms with E-state index in [1.165, 1.54) is 0 Å². The highest BCUT2D eigenvalue weighted by Crippen LogP contribution is 2.11. The lowest BCUT2D eigenvalue weighted by Crippen LogP contribution is -2.35. The predicted molar refractivity (Wildman–Crippen MR) is 48.9 cm³/mol. The van der Waals surface area contributed by atoms with Crippen LogP contribution in [0.4, 0.5) is 0 Å². The molecule has 1 aliphatic rings. The second-order valence-corrected chi connectivity index (χ2v) is 3.71. The van der Waals surface area contributed by atoms with Crippen molar-refractivity contribution in [3.63, 3.8) is 0 Å². The zero-order chi connectivity index (χ0) is 9.14. The molecule has 70 valence electrons. The molecular formula is C9H18N2O. The first-order valence-corrected chi connectivity index (χ1v) is 4.61. The van der Waals surface area contributed by atoms with E-state index < -0.39 is 0 Å². The minimum absolute atomic E-state index is 0.139. The number of carbonyl (C=O) groups is 1. The number of likely N-dealkylation sites (N-methyl/N-ethyl adjacent to an activating group) is 1. The molecule has 1 N–H and O–H groups in total. The molecule has 0 unspecified atom stereocenters. The van der Waals surface area contributed by atoms with Gasteiger partial charge in [-0.3, -0.25) is 4.79 Å². The Morgan fingerprint density at radius 2 is 2.25 bits per heavy atom. The number of nitrogens with one attached hydrogen (secondary N) is 1. The number of hydrogen-bond donors (Lipinski definition) is 1. The van der Waals surface area contributed by atoms with Gasteiger partial charge in [0, 0.05) is 25.0 Å². The van der Waals surface area contributed by atoms with Gasteiger partial charge >= 0.3 is 0 Å². The molecule has 0 aliphatic carbocycles. The molecule has 0 saturated carbocycles. The van der Waals surface area contributed by atoms with E-state index in [0.717, 1.165) is 19.5 Å². The molecular weight excluding hydrogens is 152 g/mol. The van der Waals surface area contributed by atoms with Crippen LogP contribution in [-0.2, 0) is 4.79 Å². The summed E-state index contributed by atoms with van der Waals surface area (Å²) in [7, 11) is 1.95. The molecule has 0 aromatic carbocycles. The molecule has 0 bridgehead atoms. The Morgan fingerprint density at radius 1 is 1.58 bits per heavy atom. The summed E-state index contributed by atoms with van der Waals surface area (Å²) in [6.45, 7) is 5.71. The van der Waals surface area contributed by atoms with Gasteiger partial charge in [-0.15, -0.1) is 0 Å². The van der Waals surface area contributed by atoms with Gasteiger partial charge in [-0.05, 0) is 13.5 Å². The van der Waals surface area contributed by atoms with Crippen molar-refractivity contribution in [2.24, 2.45) is 5.92 Å². The molecule has 1 atom stereocenters. The average Bonchev–Trinajstić information content (AvgIpc) is 2.50. The smallest absolute Gasteiger partial charge is 0.225 e. The first-order chi connectivity index (χ1) is 5.65. The van der Waals surface area contributed by atoms with E-state index in [1.807, 2.05) is 25.8 Å². The fraction of sp³-hybridized carbons (Fsp3) is 0.889. The highest BCUT2D eigenvalue weighted by atomic mass is 16.2. The van der Waals surface area contributed by atoms with E-state index in [0.29, 0.717) is 6.04 Å². The molecule has 3 heteroatoms. The second-order valence-electron chi connectivity index (χ2n) is 3.71. The highest BCUT2D eigenvalue weighted by molar-refractivity contribution is 5.78. The van der Waals surface area contributed by atoms with Gasteiger partial charge in [-0.1, -0.05) is 13.8 Å². The minimum Gasteiger partial charge on any atom is -0.341 e. The summed E-state index contributed by atoms with van der Waals surface area (Å²) in [4.78, 5) is 13.5. The van der Waals surface area contributed by atoms with Gasteiger partial charge in [0.15, 0.2) is 0 Å². The zero-order valence-electron chi connectivity index (χ0n) is 8.13. The molecule has 0 aromatic rings. The molecule has 0 radical (unpaired) electrons. The lowest BCUT2D eigenvalue weighted by molar-refractivity contribution is -0.133. The van der Waals surface area contributed by atoms with Crippen LogP contribution >= 0.6 is 0 Å². The normalized spacial score (nSPS) is 23.7. The molecule has 1 aliphatic heterocycles. The summed E-state index contributed by atoms with van der Waals surface area (Å²) in [5.74, 6) is 0.424. The maximum atomic E-state index is 11.5. The van der Waals surface area contributed by atoms with Crippen LogP contribution in [0.25, 0.3) is 0 Å². The van der Waals surface area contributed by atoms with Gasteiger partial charge in [-0.2, -0.15) is 0 Å². The quantitative estimate of drug-likeness (QED) is 0.653. The van der Waals surface area contributed by atoms with E-state index in [1.54, 1.807) is 0 Å². The van der Waals surface area contributed by atoms with E-state index in [4.69, 9.17) is 0 Å². The van der Waals surface area contributed by atoms with Gasteiger partial charge in [0.25, 0.3) is 0 Å². The number of amides is 1. The first-order valence-electron chi connectivity index (χ1n) is 4.61. The van der Waals surface area contributed by atoms with Crippen LogP contribution in [0.2, 0.25) is 0 Å². The number of carbonyl (C=O) groups excluding carboxylic acids is 1. The van der Waals surface area contributed by atoms with E-state index in [9.17, 15) is 4.79 Å². The Bertz CT molecular complexity index is 168. The third-order valence-electron chi connectivity index (χ3n) is 2.40. The fourth-order valence-electron chi connectivity index (χ4n) is 1.56. The first kappa shape index (κ1) is 9.52. The monoisotopic (exact) mass is 170 g/mol. The lowest BCUT2D eigenvalue weighted by atomic mass is 10.2. The molecule has 12 heavy (non-hydrogen) atoms.